The molecule has 1 heterocycles. The van der Waals surface area contributed by atoms with Crippen molar-refractivity contribution in [2.24, 2.45) is 0 Å². The first kappa shape index (κ1) is 13.4. The number of carbonyl (C=O) groups excluding carboxylic acids is 1. The third-order valence-electron chi connectivity index (χ3n) is 2.53. The minimum Gasteiger partial charge on any atom is -0.444 e. The van der Waals surface area contributed by atoms with Crippen LogP contribution in [0.2, 0.25) is 5.02 Å². The Morgan fingerprint density at radius 1 is 1.26 bits per heavy atom. The number of carbonyl (C=O) groups is 1. The fraction of sp³-hybridized carbons (Fsp3) is 0.143. The second-order valence-corrected chi connectivity index (χ2v) is 4.37. The number of ether oxygens (including phenoxy) is 1. The standard InChI is InChI=1S/C14H13ClN2O2/c1-17(13-8-7-12(15)9-16-13)14(18)19-10-11-5-3-2-4-6-11/h2-9H,10H2,1H3. The highest BCUT2D eigenvalue weighted by Gasteiger charge is 2.13. The molecule has 0 radical (unpaired) electrons. The summed E-state index contributed by atoms with van der Waals surface area (Å²) in [7, 11) is 1.60. The number of halogens is 1. The average molecular weight is 277 g/mol. The van der Waals surface area contributed by atoms with Gasteiger partial charge in [-0.3, -0.25) is 4.90 Å². The summed E-state index contributed by atoms with van der Waals surface area (Å²) in [4.78, 5) is 17.2. The molecule has 2 aromatic rings. The van der Waals surface area contributed by atoms with Crippen LogP contribution in [-0.4, -0.2) is 18.1 Å². The Balaban J connectivity index is 1.94. The quantitative estimate of drug-likeness (QED) is 0.861. The lowest BCUT2D eigenvalue weighted by atomic mass is 10.2. The van der Waals surface area contributed by atoms with Gasteiger partial charge in [0, 0.05) is 13.2 Å². The Labute approximate surface area is 116 Å². The van der Waals surface area contributed by atoms with Crippen molar-refractivity contribution < 1.29 is 9.53 Å². The molecule has 19 heavy (non-hydrogen) atoms. The number of pyridine rings is 1. The lowest BCUT2D eigenvalue weighted by molar-refractivity contribution is 0.148. The van der Waals surface area contributed by atoms with Crippen LogP contribution in [0.5, 0.6) is 0 Å². The number of nitrogens with zero attached hydrogens (tertiary/aromatic N) is 2. The van der Waals surface area contributed by atoms with Gasteiger partial charge in [0.25, 0.3) is 0 Å². The van der Waals surface area contributed by atoms with Crippen LogP contribution in [0.25, 0.3) is 0 Å². The highest BCUT2D eigenvalue weighted by Crippen LogP contribution is 2.14. The second kappa shape index (κ2) is 6.20. The number of hydrogen-bond acceptors (Lipinski definition) is 3. The largest absolute Gasteiger partial charge is 0.444 e. The molecule has 0 aliphatic carbocycles. The molecular weight excluding hydrogens is 264 g/mol. The maximum atomic E-state index is 11.8. The zero-order valence-electron chi connectivity index (χ0n) is 10.4. The van der Waals surface area contributed by atoms with Gasteiger partial charge in [-0.1, -0.05) is 41.9 Å². The van der Waals surface area contributed by atoms with Crippen molar-refractivity contribution in [3.8, 4) is 0 Å². The van der Waals surface area contributed by atoms with Crippen molar-refractivity contribution in [2.75, 3.05) is 11.9 Å². The number of hydrogen-bond donors (Lipinski definition) is 0. The third-order valence-corrected chi connectivity index (χ3v) is 2.76. The first-order valence-corrected chi connectivity index (χ1v) is 6.10. The Morgan fingerprint density at radius 2 is 2.00 bits per heavy atom. The van der Waals surface area contributed by atoms with E-state index in [2.05, 4.69) is 4.98 Å². The summed E-state index contributed by atoms with van der Waals surface area (Å²) in [5, 5.41) is 0.523. The van der Waals surface area contributed by atoms with Crippen LogP contribution < -0.4 is 4.90 Å². The Morgan fingerprint density at radius 3 is 2.63 bits per heavy atom. The van der Waals surface area contributed by atoms with Gasteiger partial charge in [-0.05, 0) is 17.7 Å². The van der Waals surface area contributed by atoms with E-state index in [0.717, 1.165) is 5.56 Å². The molecule has 0 fully saturated rings. The number of benzene rings is 1. The van der Waals surface area contributed by atoms with Gasteiger partial charge in [0.1, 0.15) is 12.4 Å². The molecule has 0 spiro atoms. The van der Waals surface area contributed by atoms with Crippen LogP contribution in [0.15, 0.2) is 48.7 Å². The highest BCUT2D eigenvalue weighted by molar-refractivity contribution is 6.30. The molecule has 0 saturated heterocycles. The zero-order valence-corrected chi connectivity index (χ0v) is 11.2. The van der Waals surface area contributed by atoms with Gasteiger partial charge in [-0.15, -0.1) is 0 Å². The van der Waals surface area contributed by atoms with E-state index >= 15 is 0 Å². The van der Waals surface area contributed by atoms with Crippen LogP contribution in [0, 0.1) is 0 Å². The monoisotopic (exact) mass is 276 g/mol. The van der Waals surface area contributed by atoms with Gasteiger partial charge in [0.05, 0.1) is 5.02 Å². The van der Waals surface area contributed by atoms with Gasteiger partial charge in [-0.2, -0.15) is 0 Å². The summed E-state index contributed by atoms with van der Waals surface area (Å²) in [6, 6.07) is 12.8. The zero-order chi connectivity index (χ0) is 13.7. The highest BCUT2D eigenvalue weighted by atomic mass is 35.5. The minimum atomic E-state index is -0.460. The van der Waals surface area contributed by atoms with Crippen molar-refractivity contribution in [3.63, 3.8) is 0 Å². The first-order valence-electron chi connectivity index (χ1n) is 5.73. The molecule has 1 amide bonds. The summed E-state index contributed by atoms with van der Waals surface area (Å²) in [5.74, 6) is 0.488. The summed E-state index contributed by atoms with van der Waals surface area (Å²) in [6.07, 6.45) is 1.02. The molecule has 98 valence electrons. The topological polar surface area (TPSA) is 42.4 Å². The van der Waals surface area contributed by atoms with E-state index in [9.17, 15) is 4.79 Å². The number of rotatable bonds is 3. The fourth-order valence-electron chi connectivity index (χ4n) is 1.48. The average Bonchev–Trinajstić information content (AvgIpc) is 2.46. The molecule has 4 nitrogen and oxygen atoms in total. The van der Waals surface area contributed by atoms with E-state index in [1.807, 2.05) is 30.3 Å². The van der Waals surface area contributed by atoms with Crippen molar-refractivity contribution in [1.82, 2.24) is 4.98 Å². The van der Waals surface area contributed by atoms with Gasteiger partial charge < -0.3 is 4.74 Å². The third kappa shape index (κ3) is 3.69. The Hall–Kier alpha value is -2.07. The molecule has 0 saturated carbocycles. The second-order valence-electron chi connectivity index (χ2n) is 3.93. The fourth-order valence-corrected chi connectivity index (χ4v) is 1.59. The SMILES string of the molecule is CN(C(=O)OCc1ccccc1)c1ccc(Cl)cn1. The normalized spacial score (nSPS) is 10.0. The smallest absolute Gasteiger partial charge is 0.415 e. The van der Waals surface area contributed by atoms with E-state index in [0.29, 0.717) is 10.8 Å². The van der Waals surface area contributed by atoms with Crippen LogP contribution >= 0.6 is 11.6 Å². The summed E-state index contributed by atoms with van der Waals surface area (Å²) in [6.45, 7) is 0.234. The lowest BCUT2D eigenvalue weighted by Gasteiger charge is -2.15. The number of amides is 1. The molecule has 0 aliphatic rings. The van der Waals surface area contributed by atoms with Gasteiger partial charge in [0.2, 0.25) is 0 Å². The molecule has 0 N–H and O–H groups in total. The predicted molar refractivity (Wildman–Crippen MR) is 74.3 cm³/mol. The molecule has 1 aromatic carbocycles. The summed E-state index contributed by atoms with van der Waals surface area (Å²) < 4.78 is 5.19. The Kier molecular flexibility index (Phi) is 4.36. The minimum absolute atomic E-state index is 0.234. The van der Waals surface area contributed by atoms with Crippen LogP contribution in [-0.2, 0) is 11.3 Å². The maximum Gasteiger partial charge on any atom is 0.415 e. The van der Waals surface area contributed by atoms with E-state index < -0.39 is 6.09 Å². The first-order chi connectivity index (χ1) is 9.16. The maximum absolute atomic E-state index is 11.8. The molecule has 2 rings (SSSR count). The molecule has 0 bridgehead atoms. The van der Waals surface area contributed by atoms with Crippen LogP contribution in [0.1, 0.15) is 5.56 Å². The number of anilines is 1. The molecule has 1 aromatic heterocycles. The number of aromatic nitrogens is 1. The van der Waals surface area contributed by atoms with E-state index in [-0.39, 0.29) is 6.61 Å². The molecule has 0 aliphatic heterocycles. The van der Waals surface area contributed by atoms with Gasteiger partial charge >= 0.3 is 6.09 Å². The van der Waals surface area contributed by atoms with Crippen molar-refractivity contribution in [1.29, 1.82) is 0 Å². The van der Waals surface area contributed by atoms with Crippen LogP contribution in [0.4, 0.5) is 10.6 Å². The predicted octanol–water partition coefficient (Wildman–Crippen LogP) is 3.51. The van der Waals surface area contributed by atoms with E-state index in [1.54, 1.807) is 19.2 Å². The van der Waals surface area contributed by atoms with E-state index in [1.165, 1.54) is 11.1 Å². The lowest BCUT2D eigenvalue weighted by Crippen LogP contribution is -2.27. The van der Waals surface area contributed by atoms with Gasteiger partial charge in [0.15, 0.2) is 0 Å². The molecule has 0 unspecified atom stereocenters. The van der Waals surface area contributed by atoms with Crippen molar-refractivity contribution in [2.45, 2.75) is 6.61 Å². The molecule has 0 atom stereocenters. The summed E-state index contributed by atoms with van der Waals surface area (Å²) >= 11 is 5.74. The van der Waals surface area contributed by atoms with Crippen molar-refractivity contribution in [3.05, 3.63) is 59.2 Å². The summed E-state index contributed by atoms with van der Waals surface area (Å²) in [5.41, 5.74) is 0.938. The van der Waals surface area contributed by atoms with Gasteiger partial charge in [-0.25, -0.2) is 9.78 Å². The Bertz CT molecular complexity index is 543. The van der Waals surface area contributed by atoms with Crippen LogP contribution in [0.3, 0.4) is 0 Å². The van der Waals surface area contributed by atoms with Crippen molar-refractivity contribution >= 4 is 23.5 Å². The van der Waals surface area contributed by atoms with E-state index in [4.69, 9.17) is 16.3 Å². The molecule has 5 heteroatoms. The molecular formula is C14H13ClN2O2.